The molecule has 2 aliphatic rings. The van der Waals surface area contributed by atoms with Gasteiger partial charge in [-0.15, -0.1) is 13.2 Å². The van der Waals surface area contributed by atoms with Crippen molar-refractivity contribution in [2.24, 2.45) is 53.3 Å². The van der Waals surface area contributed by atoms with Crippen LogP contribution >= 0.6 is 0 Å². The summed E-state index contributed by atoms with van der Waals surface area (Å²) < 4.78 is 29.5. The number of benzene rings is 5. The smallest absolute Gasteiger partial charge is 0.309 e. The first kappa shape index (κ1) is 75.7. The van der Waals surface area contributed by atoms with Gasteiger partial charge >= 0.3 is 17.9 Å². The molecule has 12 atom stereocenters. The summed E-state index contributed by atoms with van der Waals surface area (Å²) in [5.41, 5.74) is 6.27. The Morgan fingerprint density at radius 2 is 0.905 bits per heavy atom. The molecule has 0 N–H and O–H groups in total. The molecular weight excluding hydrogens is 1170 g/mol. The zero-order chi connectivity index (χ0) is 67.5. The van der Waals surface area contributed by atoms with Crippen molar-refractivity contribution in [1.82, 2.24) is 0 Å². The van der Waals surface area contributed by atoms with Gasteiger partial charge in [-0.3, -0.25) is 14.4 Å². The fraction of sp³-hybridized carbons (Fsp3) is 0.552. The molecule has 0 spiro atoms. The van der Waals surface area contributed by atoms with E-state index in [0.29, 0.717) is 49.9 Å². The lowest BCUT2D eigenvalue weighted by molar-refractivity contribution is -0.150. The van der Waals surface area contributed by atoms with Crippen LogP contribution in [0.1, 0.15) is 241 Å². The Bertz CT molecular complexity index is 2970. The number of carbonyl (C=O) groups excluding carboxylic acids is 3. The Labute approximate surface area is 574 Å². The summed E-state index contributed by atoms with van der Waals surface area (Å²) in [5, 5.41) is 0. The van der Waals surface area contributed by atoms with Crippen LogP contribution in [0.4, 0.5) is 0 Å². The van der Waals surface area contributed by atoms with Gasteiger partial charge in [0, 0.05) is 11.3 Å². The van der Waals surface area contributed by atoms with Crippen LogP contribution in [0.25, 0.3) is 0 Å². The SMILES string of the molecule is C=CC1CC(/C=C\C2CC(C=C)C(C(=O)OCCCCCCCCCCOc3ccc(C(CC(CC(C)CC)c4ccccc4)c4ccccc4)cc3)C2)C(C(=O)OCCCCCCCCCCOc2ccc(C(CC(C)CC)(CC(C)C(=O)OC)c3ccccc3)cc2)C1. The molecule has 5 aromatic rings. The van der Waals surface area contributed by atoms with Crippen molar-refractivity contribution < 1.29 is 38.1 Å². The topological polar surface area (TPSA) is 97.4 Å². The largest absolute Gasteiger partial charge is 0.494 e. The van der Waals surface area contributed by atoms with Gasteiger partial charge in [0.1, 0.15) is 11.5 Å². The maximum atomic E-state index is 13.5. The zero-order valence-electron chi connectivity index (χ0n) is 59.3. The number of allylic oxidation sites excluding steroid dienone is 4. The summed E-state index contributed by atoms with van der Waals surface area (Å²) in [4.78, 5) is 39.7. The van der Waals surface area contributed by atoms with Crippen LogP contribution in [0.3, 0.4) is 0 Å². The second-order valence-electron chi connectivity index (χ2n) is 28.5. The Kier molecular flexibility index (Phi) is 33.6. The highest BCUT2D eigenvalue weighted by atomic mass is 16.5. The second kappa shape index (κ2) is 42.1. The normalized spacial score (nSPS) is 20.0. The van der Waals surface area contributed by atoms with Crippen LogP contribution in [0, 0.1) is 53.3 Å². The highest BCUT2D eigenvalue weighted by Gasteiger charge is 2.41. The van der Waals surface area contributed by atoms with Gasteiger partial charge in [-0.25, -0.2) is 0 Å². The molecule has 5 aromatic carbocycles. The third-order valence-electron chi connectivity index (χ3n) is 21.3. The summed E-state index contributed by atoms with van der Waals surface area (Å²) in [5.74, 6) is 3.57. The number of hydrogen-bond donors (Lipinski definition) is 0. The minimum atomic E-state index is -0.324. The predicted molar refractivity (Wildman–Crippen MR) is 392 cm³/mol. The van der Waals surface area contributed by atoms with Gasteiger partial charge in [-0.05, 0) is 171 Å². The lowest BCUT2D eigenvalue weighted by atomic mass is 9.64. The molecular formula is C87H120O8. The summed E-state index contributed by atoms with van der Waals surface area (Å²) in [6, 6.07) is 50.2. The Morgan fingerprint density at radius 1 is 0.463 bits per heavy atom. The Hall–Kier alpha value is -6.67. The van der Waals surface area contributed by atoms with Crippen LogP contribution < -0.4 is 9.47 Å². The van der Waals surface area contributed by atoms with Gasteiger partial charge in [-0.1, -0.05) is 264 Å². The van der Waals surface area contributed by atoms with Crippen molar-refractivity contribution in [2.45, 2.75) is 219 Å². The van der Waals surface area contributed by atoms with Crippen LogP contribution in [-0.4, -0.2) is 51.4 Å². The van der Waals surface area contributed by atoms with E-state index in [2.05, 4.69) is 193 Å². The van der Waals surface area contributed by atoms with Crippen molar-refractivity contribution in [2.75, 3.05) is 33.5 Å². The number of hydrogen-bond acceptors (Lipinski definition) is 8. The van der Waals surface area contributed by atoms with Gasteiger partial charge in [0.15, 0.2) is 0 Å². The minimum Gasteiger partial charge on any atom is -0.494 e. The van der Waals surface area contributed by atoms with E-state index in [9.17, 15) is 14.4 Å². The lowest BCUT2D eigenvalue weighted by Crippen LogP contribution is -2.34. The first-order chi connectivity index (χ1) is 46.4. The molecule has 0 aliphatic heterocycles. The van der Waals surface area contributed by atoms with E-state index in [4.69, 9.17) is 23.7 Å². The lowest BCUT2D eigenvalue weighted by Gasteiger charge is -2.39. The predicted octanol–water partition coefficient (Wildman–Crippen LogP) is 22.3. The van der Waals surface area contributed by atoms with E-state index in [1.165, 1.54) is 86.3 Å². The molecule has 8 nitrogen and oxygen atoms in total. The average molecular weight is 1290 g/mol. The van der Waals surface area contributed by atoms with Gasteiger partial charge in [0.05, 0.1) is 51.3 Å². The summed E-state index contributed by atoms with van der Waals surface area (Å²) >= 11 is 0. The second-order valence-corrected chi connectivity index (χ2v) is 28.5. The van der Waals surface area contributed by atoms with Crippen molar-refractivity contribution in [3.8, 4) is 11.5 Å². The molecule has 0 aromatic heterocycles. The first-order valence-corrected chi connectivity index (χ1v) is 37.3. The fourth-order valence-electron chi connectivity index (χ4n) is 15.2. The molecule has 0 amide bonds. The quantitative estimate of drug-likeness (QED) is 0.0165. The minimum absolute atomic E-state index is 0.0846. The third-order valence-corrected chi connectivity index (χ3v) is 21.3. The van der Waals surface area contributed by atoms with Gasteiger partial charge < -0.3 is 23.7 Å². The maximum absolute atomic E-state index is 13.5. The van der Waals surface area contributed by atoms with Crippen LogP contribution in [0.2, 0.25) is 0 Å². The molecule has 0 radical (unpaired) electrons. The van der Waals surface area contributed by atoms with Crippen molar-refractivity contribution in [3.63, 3.8) is 0 Å². The molecule has 7 rings (SSSR count). The molecule has 516 valence electrons. The van der Waals surface area contributed by atoms with Crippen molar-refractivity contribution in [3.05, 3.63) is 205 Å². The van der Waals surface area contributed by atoms with E-state index in [1.807, 2.05) is 19.1 Å². The Morgan fingerprint density at radius 3 is 1.41 bits per heavy atom. The summed E-state index contributed by atoms with van der Waals surface area (Å²) in [6.07, 6.45) is 35.6. The van der Waals surface area contributed by atoms with E-state index in [-0.39, 0.29) is 64.7 Å². The molecule has 0 bridgehead atoms. The molecule has 2 fully saturated rings. The Balaban J connectivity index is 0.709. The number of esters is 3. The van der Waals surface area contributed by atoms with Gasteiger partial charge in [0.2, 0.25) is 0 Å². The molecule has 0 saturated heterocycles. The molecule has 12 unspecified atom stereocenters. The van der Waals surface area contributed by atoms with Gasteiger partial charge in [-0.2, -0.15) is 0 Å². The number of rotatable bonds is 46. The number of unbranched alkanes of at least 4 members (excludes halogenated alkanes) is 14. The number of carbonyl (C=O) groups is 3. The summed E-state index contributed by atoms with van der Waals surface area (Å²) in [7, 11) is 1.48. The highest BCUT2D eigenvalue weighted by molar-refractivity contribution is 5.74. The van der Waals surface area contributed by atoms with Crippen molar-refractivity contribution >= 4 is 17.9 Å². The molecule has 8 heteroatoms. The zero-order valence-corrected chi connectivity index (χ0v) is 59.3. The first-order valence-electron chi connectivity index (χ1n) is 37.3. The maximum Gasteiger partial charge on any atom is 0.309 e. The average Bonchev–Trinajstić information content (AvgIpc) is 1.54. The summed E-state index contributed by atoms with van der Waals surface area (Å²) in [6.45, 7) is 21.8. The van der Waals surface area contributed by atoms with E-state index >= 15 is 0 Å². The van der Waals surface area contributed by atoms with Crippen LogP contribution in [0.15, 0.2) is 177 Å². The van der Waals surface area contributed by atoms with Crippen molar-refractivity contribution in [1.29, 1.82) is 0 Å². The fourth-order valence-corrected chi connectivity index (χ4v) is 15.2. The number of ether oxygens (including phenoxy) is 5. The van der Waals surface area contributed by atoms with Crippen LogP contribution in [0.5, 0.6) is 11.5 Å². The van der Waals surface area contributed by atoms with Gasteiger partial charge in [0.25, 0.3) is 0 Å². The highest BCUT2D eigenvalue weighted by Crippen LogP contribution is 2.46. The number of methoxy groups -OCH3 is 1. The third kappa shape index (κ3) is 24.7. The molecule has 2 aliphatic carbocycles. The monoisotopic (exact) mass is 1290 g/mol. The van der Waals surface area contributed by atoms with E-state index < -0.39 is 0 Å². The molecule has 2 saturated carbocycles. The molecule has 95 heavy (non-hydrogen) atoms. The standard InChI is InChI=1S/C87H120O8/c1-9-66(5)58-76(72-38-28-25-29-39-72)63-81(73-40-30-26-31-41-73)74-46-50-79(51-47-74)92-54-34-21-17-13-15-19-23-36-56-94-85(89)82-62-70(60-71(82)12-4)44-45-75-59-69(11-3)61-83(75)86(90)95-57-37-24-20-16-14-18-22-35-55-93-80-52-48-78(49-53-80)87(64-67(6)10-2,65-68(7)84(88)91-8)77-42-32-27-33-43-77/h11-12,25-33,38-53,66-71,75-76,81-83H,3-4,9-10,13-24,34-37,54-65H2,1-2,5-8H3/b45-44-. The van der Waals surface area contributed by atoms with E-state index in [0.717, 1.165) is 127 Å². The molecule has 0 heterocycles. The van der Waals surface area contributed by atoms with E-state index in [1.54, 1.807) is 0 Å². The van der Waals surface area contributed by atoms with Crippen LogP contribution in [-0.2, 0) is 34.0 Å².